The molecule has 0 aliphatic carbocycles. The van der Waals surface area contributed by atoms with Gasteiger partial charge in [0.15, 0.2) is 23.3 Å². The van der Waals surface area contributed by atoms with E-state index >= 15 is 0 Å². The first-order valence-corrected chi connectivity index (χ1v) is 36.2. The van der Waals surface area contributed by atoms with Crippen molar-refractivity contribution in [3.63, 3.8) is 0 Å². The maximum absolute atomic E-state index is 14.6. The standard InChI is InChI=1S/C25H34ClFN6O2.C16H23ClN2O4.C14H20ClFN4.C10H17NO3.C6H6ClNO/c1-25(2)12-16(10-17-4-3-9-33(17)25)30-23-19(27)13-29-24(32-23)31-15-5-6-21(18(26)11-15)35-22-7-8-28-14-20(22)34;1-16(2,3)23-15(21)19-7-6-14(12(20)9-19)22-13-5-4-10(18)8-11(13)17;1-14(2)7-9(6-10-4-3-5-20(10)14)18-12-11(16)8-17-13(15)19-12;1-10(2,3)14-9(12)11-5-4-7-8(6-11)13-7;7-5-3-4(8)1-2-6(5)9/h5-6,11,13,16-17,20,22,28,34H,3-4,7-10,12,14H2,1-2H3,(H2,29,30,31,32);4-5,8,12,14,20H,6-7,9,18H2,1-3H3;8-10H,3-7H2,1-2H3,(H,17,18,19);7-8H,4-6H2,1-3H3;1-3,9H,8H2/t16-,17+,20?,22?;;9-,10+;;/m1.1../s1. The fourth-order valence-electron chi connectivity index (χ4n) is 14.0. The average Bonchev–Trinajstić information content (AvgIpc) is 1.74. The molecule has 24 nitrogen and oxygen atoms in total. The van der Waals surface area contributed by atoms with Crippen LogP contribution in [0.4, 0.5) is 53.0 Å². The number of anilines is 6. The van der Waals surface area contributed by atoms with Gasteiger partial charge in [0.2, 0.25) is 11.2 Å². The topological polar surface area (TPSA) is 309 Å². The van der Waals surface area contributed by atoms with Crippen LogP contribution in [0.2, 0.25) is 20.4 Å². The zero-order chi connectivity index (χ0) is 73.3. The number of piperidine rings is 5. The second-order valence-electron chi connectivity index (χ2n) is 30.1. The van der Waals surface area contributed by atoms with Gasteiger partial charge in [-0.1, -0.05) is 34.8 Å². The molecule has 10 atom stereocenters. The van der Waals surface area contributed by atoms with Crippen molar-refractivity contribution in [3.05, 3.63) is 99.0 Å². The number of fused-ring (bicyclic) bond motifs is 3. The Morgan fingerprint density at radius 3 is 1.68 bits per heavy atom. The lowest BCUT2D eigenvalue weighted by Gasteiger charge is -2.47. The molecule has 10 heterocycles. The Balaban J connectivity index is 0.000000157. The number of aromatic hydroxyl groups is 1. The van der Waals surface area contributed by atoms with E-state index in [9.17, 15) is 28.6 Å². The number of nitrogens with two attached hydrogens (primary N) is 2. The third kappa shape index (κ3) is 22.8. The van der Waals surface area contributed by atoms with Crippen molar-refractivity contribution in [2.75, 3.05) is 79.8 Å². The summed E-state index contributed by atoms with van der Waals surface area (Å²) in [6.45, 7) is 25.8. The number of nitrogens with zero attached hydrogens (tertiary/aromatic N) is 8. The smallest absolute Gasteiger partial charge is 0.410 e. The quantitative estimate of drug-likeness (QED) is 0.0272. The summed E-state index contributed by atoms with van der Waals surface area (Å²) in [6.07, 6.45) is 11.2. The number of phenols is 1. The molecule has 2 aromatic heterocycles. The van der Waals surface area contributed by atoms with Crippen molar-refractivity contribution in [1.29, 1.82) is 0 Å². The molecule has 8 fully saturated rings. The summed E-state index contributed by atoms with van der Waals surface area (Å²) < 4.78 is 56.0. The predicted octanol–water partition coefficient (Wildman–Crippen LogP) is 12.7. The third-order valence-corrected chi connectivity index (χ3v) is 19.8. The molecule has 3 aromatic carbocycles. The summed E-state index contributed by atoms with van der Waals surface area (Å²) in [7, 11) is 0. The Bertz CT molecular complexity index is 3620. The summed E-state index contributed by atoms with van der Waals surface area (Å²) >= 11 is 23.7. The number of aliphatic hydroxyl groups is 2. The van der Waals surface area contributed by atoms with E-state index in [0.717, 1.165) is 57.9 Å². The summed E-state index contributed by atoms with van der Waals surface area (Å²) in [5, 5.41) is 43.2. The normalized spacial score (nSPS) is 25.7. The molecule has 8 aliphatic heterocycles. The van der Waals surface area contributed by atoms with Crippen LogP contribution in [-0.2, 0) is 14.2 Å². The van der Waals surface area contributed by atoms with Gasteiger partial charge in [0, 0.05) is 78.4 Å². The minimum absolute atomic E-state index is 0.0610. The number of nitrogens with one attached hydrogen (secondary N) is 4. The number of nitrogen functional groups attached to an aromatic ring is 2. The van der Waals surface area contributed by atoms with Crippen LogP contribution in [0, 0.1) is 11.6 Å². The Labute approximate surface area is 611 Å². The molecule has 0 spiro atoms. The number of rotatable bonds is 10. The van der Waals surface area contributed by atoms with Crippen LogP contribution in [-0.4, -0.2) is 202 Å². The minimum Gasteiger partial charge on any atom is -0.506 e. The number of β-amino-alcohol motifs (C(OH)–C–C–N with tert-alkyl or cyclic N) is 2. The summed E-state index contributed by atoms with van der Waals surface area (Å²) in [4.78, 5) is 48.2. The fourth-order valence-corrected chi connectivity index (χ4v) is 14.8. The number of carbonyl (C=O) groups excluding carboxylic acids is 2. The van der Waals surface area contributed by atoms with Gasteiger partial charge in [0.1, 0.15) is 59.0 Å². The van der Waals surface area contributed by atoms with Crippen LogP contribution in [0.15, 0.2) is 67.0 Å². The molecule has 11 N–H and O–H groups in total. The summed E-state index contributed by atoms with van der Waals surface area (Å²) in [5.74, 6) is 0.835. The highest BCUT2D eigenvalue weighted by molar-refractivity contribution is 6.33. The number of amides is 2. The molecule has 8 saturated heterocycles. The second kappa shape index (κ2) is 34.0. The van der Waals surface area contributed by atoms with Gasteiger partial charge in [0.25, 0.3) is 0 Å². The molecule has 8 aliphatic rings. The number of epoxide rings is 1. The Kier molecular flexibility index (Phi) is 26.5. The van der Waals surface area contributed by atoms with Crippen LogP contribution in [0.3, 0.4) is 0 Å². The van der Waals surface area contributed by atoms with Crippen LogP contribution in [0.25, 0.3) is 0 Å². The number of ether oxygens (including phenoxy) is 5. The van der Waals surface area contributed by atoms with Crippen LogP contribution < -0.4 is 42.2 Å². The van der Waals surface area contributed by atoms with Crippen LogP contribution >= 0.6 is 46.4 Å². The molecule has 0 radical (unpaired) electrons. The lowest BCUT2D eigenvalue weighted by atomic mass is 9.84. The number of carbonyl (C=O) groups is 2. The van der Waals surface area contributed by atoms with Crippen LogP contribution in [0.5, 0.6) is 17.2 Å². The van der Waals surface area contributed by atoms with Crippen molar-refractivity contribution in [2.45, 2.75) is 223 Å². The first-order chi connectivity index (χ1) is 47.5. The highest BCUT2D eigenvalue weighted by Gasteiger charge is 2.47. The van der Waals surface area contributed by atoms with E-state index in [-0.39, 0.29) is 81.6 Å². The third-order valence-electron chi connectivity index (χ3n) is 18.7. The van der Waals surface area contributed by atoms with E-state index in [0.29, 0.717) is 89.3 Å². The van der Waals surface area contributed by atoms with Gasteiger partial charge in [0.05, 0.1) is 46.7 Å². The average molecular weight is 1490 g/mol. The van der Waals surface area contributed by atoms with Crippen molar-refractivity contribution < 1.29 is 57.4 Å². The first kappa shape index (κ1) is 78.7. The zero-order valence-electron chi connectivity index (χ0n) is 59.3. The van der Waals surface area contributed by atoms with Gasteiger partial charge in [-0.2, -0.15) is 9.97 Å². The van der Waals surface area contributed by atoms with E-state index in [1.165, 1.54) is 55.5 Å². The van der Waals surface area contributed by atoms with E-state index in [4.69, 9.17) is 86.7 Å². The molecule has 0 bridgehead atoms. The highest BCUT2D eigenvalue weighted by Crippen LogP contribution is 2.41. The number of phenolic OH excluding ortho intramolecular Hbond substituents is 1. The molecule has 0 saturated carbocycles. The van der Waals surface area contributed by atoms with E-state index in [1.807, 2.05) is 20.8 Å². The number of halogens is 6. The SMILES string of the molecule is CC(C)(C)OC(=O)N1CCC(Oc2ccc(N)cc2Cl)C(O)C1.CC(C)(C)OC(=O)N1CCC2OC2C1.CC1(C)C[C@H](Nc2nc(Cl)ncc2F)C[C@@H]2CCCN21.CC1(C)C[C@H](Nc2nc(Nc3ccc(OC4CCNCC4O)c(Cl)c3)ncc2F)C[C@@H]2CCCN21.Nc1ccc(O)c(Cl)c1. The molecule has 101 heavy (non-hydrogen) atoms. The van der Waals surface area contributed by atoms with Gasteiger partial charge in [-0.05, 0) is 219 Å². The Morgan fingerprint density at radius 1 is 0.644 bits per heavy atom. The first-order valence-electron chi connectivity index (χ1n) is 34.7. The lowest BCUT2D eigenvalue weighted by Crippen LogP contribution is -2.55. The van der Waals surface area contributed by atoms with E-state index < -0.39 is 47.2 Å². The molecule has 556 valence electrons. The van der Waals surface area contributed by atoms with Crippen LogP contribution in [0.1, 0.15) is 140 Å². The molecule has 13 rings (SSSR count). The van der Waals surface area contributed by atoms with Crippen molar-refractivity contribution in [1.82, 2.24) is 44.9 Å². The van der Waals surface area contributed by atoms with E-state index in [1.54, 1.807) is 68.1 Å². The monoisotopic (exact) mass is 1490 g/mol. The fraction of sp³-hybridized carbons (Fsp3) is 0.606. The zero-order valence-corrected chi connectivity index (χ0v) is 62.3. The summed E-state index contributed by atoms with van der Waals surface area (Å²) in [6, 6.07) is 16.3. The molecule has 2 amide bonds. The number of likely N-dealkylation sites (tertiary alicyclic amines) is 2. The molecule has 5 aromatic rings. The number of aromatic nitrogens is 4. The Hall–Kier alpha value is -6.46. The van der Waals surface area contributed by atoms with Gasteiger partial charge >= 0.3 is 12.2 Å². The maximum atomic E-state index is 14.6. The van der Waals surface area contributed by atoms with Crippen molar-refractivity contribution in [3.8, 4) is 17.2 Å². The number of hydrogen-bond acceptors (Lipinski definition) is 22. The molecular formula is C71H100Cl4F2N14O10. The highest BCUT2D eigenvalue weighted by atomic mass is 35.5. The Morgan fingerprint density at radius 2 is 1.16 bits per heavy atom. The summed E-state index contributed by atoms with van der Waals surface area (Å²) in [5.41, 5.74) is 12.0. The maximum Gasteiger partial charge on any atom is 0.410 e. The molecule has 30 heteroatoms. The minimum atomic E-state index is -0.815. The number of aliphatic hydroxyl groups excluding tert-OH is 2. The lowest BCUT2D eigenvalue weighted by molar-refractivity contribution is -0.0374. The van der Waals surface area contributed by atoms with Crippen molar-refractivity contribution >= 4 is 93.2 Å². The number of benzene rings is 3. The largest absolute Gasteiger partial charge is 0.506 e. The number of hydrogen-bond donors (Lipinski definition) is 9. The van der Waals surface area contributed by atoms with Gasteiger partial charge < -0.3 is 81.5 Å². The molecule has 6 unspecified atom stereocenters. The molecular weight excluding hydrogens is 1390 g/mol. The van der Waals surface area contributed by atoms with Gasteiger partial charge in [-0.25, -0.2) is 28.3 Å². The van der Waals surface area contributed by atoms with E-state index in [2.05, 4.69) is 78.7 Å². The van der Waals surface area contributed by atoms with Crippen molar-refractivity contribution in [2.24, 2.45) is 0 Å². The van der Waals surface area contributed by atoms with Gasteiger partial charge in [-0.3, -0.25) is 9.80 Å². The predicted molar refractivity (Wildman–Crippen MR) is 390 cm³/mol. The second-order valence-corrected chi connectivity index (χ2v) is 31.7. The van der Waals surface area contributed by atoms with Gasteiger partial charge in [-0.15, -0.1) is 0 Å².